The van der Waals surface area contributed by atoms with Crippen molar-refractivity contribution in [2.75, 3.05) is 6.54 Å². The van der Waals surface area contributed by atoms with Crippen LogP contribution in [0, 0.1) is 5.82 Å². The zero-order valence-electron chi connectivity index (χ0n) is 17.1. The van der Waals surface area contributed by atoms with Gasteiger partial charge in [-0.1, -0.05) is 60.3 Å². The maximum absolute atomic E-state index is 14.2. The number of amides is 1. The summed E-state index contributed by atoms with van der Waals surface area (Å²) in [5.41, 5.74) is 2.32. The van der Waals surface area contributed by atoms with Crippen LogP contribution in [-0.4, -0.2) is 38.8 Å². The first-order valence-corrected chi connectivity index (χ1v) is 11.1. The molecule has 1 aliphatic rings. The molecule has 0 aliphatic carbocycles. The molecule has 0 bridgehead atoms. The van der Waals surface area contributed by atoms with Gasteiger partial charge in [-0.15, -0.1) is 0 Å². The Morgan fingerprint density at radius 2 is 1.69 bits per heavy atom. The molecule has 4 rings (SSSR count). The minimum atomic E-state index is -1.01. The van der Waals surface area contributed by atoms with E-state index < -0.39 is 11.2 Å². The van der Waals surface area contributed by atoms with E-state index in [-0.39, 0.29) is 23.7 Å². The molecule has 1 fully saturated rings. The Labute approximate surface area is 189 Å². The SMILES string of the molecule is O=C(O)c1ccc(N=C2SC(Cc3ccccc3F)C(=O)N2CCc2ccccc2)cc1. The number of carbonyl (C=O) groups excluding carboxylic acids is 1. The zero-order chi connectivity index (χ0) is 22.5. The largest absolute Gasteiger partial charge is 0.478 e. The van der Waals surface area contributed by atoms with E-state index in [1.165, 1.54) is 30.0 Å². The number of aliphatic imine (C=N–C) groups is 1. The van der Waals surface area contributed by atoms with Crippen LogP contribution in [0.15, 0.2) is 83.9 Å². The van der Waals surface area contributed by atoms with E-state index in [4.69, 9.17) is 5.11 Å². The summed E-state index contributed by atoms with van der Waals surface area (Å²) in [6.45, 7) is 0.454. The maximum Gasteiger partial charge on any atom is 0.335 e. The van der Waals surface area contributed by atoms with E-state index in [0.717, 1.165) is 5.56 Å². The van der Waals surface area contributed by atoms with Crippen molar-refractivity contribution in [2.45, 2.75) is 18.1 Å². The number of halogens is 1. The molecule has 1 unspecified atom stereocenters. The number of rotatable bonds is 7. The van der Waals surface area contributed by atoms with E-state index in [2.05, 4.69) is 4.99 Å². The van der Waals surface area contributed by atoms with E-state index in [9.17, 15) is 14.0 Å². The number of aromatic carboxylic acids is 1. The van der Waals surface area contributed by atoms with Gasteiger partial charge in [-0.2, -0.15) is 0 Å². The van der Waals surface area contributed by atoms with Crippen LogP contribution in [0.3, 0.4) is 0 Å². The van der Waals surface area contributed by atoms with Crippen LogP contribution in [-0.2, 0) is 17.6 Å². The molecule has 1 amide bonds. The highest BCUT2D eigenvalue weighted by Crippen LogP contribution is 2.32. The topological polar surface area (TPSA) is 70.0 Å². The highest BCUT2D eigenvalue weighted by molar-refractivity contribution is 8.15. The summed E-state index contributed by atoms with van der Waals surface area (Å²) in [4.78, 5) is 30.6. The van der Waals surface area contributed by atoms with Crippen LogP contribution < -0.4 is 0 Å². The average molecular weight is 449 g/mol. The maximum atomic E-state index is 14.2. The molecule has 0 radical (unpaired) electrons. The van der Waals surface area contributed by atoms with Crippen molar-refractivity contribution in [3.63, 3.8) is 0 Å². The third kappa shape index (κ3) is 5.06. The molecule has 7 heteroatoms. The fourth-order valence-corrected chi connectivity index (χ4v) is 4.68. The minimum absolute atomic E-state index is 0.102. The molecule has 1 saturated heterocycles. The molecule has 1 N–H and O–H groups in total. The molecule has 162 valence electrons. The van der Waals surface area contributed by atoms with Gasteiger partial charge in [0.1, 0.15) is 5.82 Å². The van der Waals surface area contributed by atoms with Crippen molar-refractivity contribution in [2.24, 2.45) is 4.99 Å². The molecule has 32 heavy (non-hydrogen) atoms. The predicted molar refractivity (Wildman–Crippen MR) is 124 cm³/mol. The summed E-state index contributed by atoms with van der Waals surface area (Å²) in [5, 5.41) is 9.15. The Bertz CT molecular complexity index is 1150. The lowest BCUT2D eigenvalue weighted by molar-refractivity contribution is -0.126. The number of carbonyl (C=O) groups is 2. The van der Waals surface area contributed by atoms with E-state index in [1.807, 2.05) is 30.3 Å². The minimum Gasteiger partial charge on any atom is -0.478 e. The lowest BCUT2D eigenvalue weighted by Crippen LogP contribution is -2.34. The molecule has 0 spiro atoms. The molecule has 1 atom stereocenters. The summed E-state index contributed by atoms with van der Waals surface area (Å²) in [6, 6.07) is 22.5. The average Bonchev–Trinajstić information content (AvgIpc) is 3.09. The van der Waals surface area contributed by atoms with Gasteiger partial charge in [-0.25, -0.2) is 14.2 Å². The number of nitrogens with zero attached hydrogens (tertiary/aromatic N) is 2. The highest BCUT2D eigenvalue weighted by Gasteiger charge is 2.38. The summed E-state index contributed by atoms with van der Waals surface area (Å²) < 4.78 is 14.2. The molecule has 1 aliphatic heterocycles. The second kappa shape index (κ2) is 9.78. The Morgan fingerprint density at radius 3 is 2.38 bits per heavy atom. The van der Waals surface area contributed by atoms with Gasteiger partial charge in [-0.05, 0) is 54.3 Å². The normalized spacial score (nSPS) is 17.2. The summed E-state index contributed by atoms with van der Waals surface area (Å²) in [5.74, 6) is -1.44. The van der Waals surface area contributed by atoms with Crippen LogP contribution in [0.2, 0.25) is 0 Å². The fourth-order valence-electron chi connectivity index (χ4n) is 3.47. The van der Waals surface area contributed by atoms with Crippen molar-refractivity contribution in [1.82, 2.24) is 4.90 Å². The first-order chi connectivity index (χ1) is 15.5. The number of carboxylic acids is 1. The van der Waals surface area contributed by atoms with E-state index in [0.29, 0.717) is 29.4 Å². The Morgan fingerprint density at radius 1 is 1.00 bits per heavy atom. The van der Waals surface area contributed by atoms with Crippen molar-refractivity contribution in [3.05, 3.63) is 101 Å². The second-order valence-corrected chi connectivity index (χ2v) is 8.54. The highest BCUT2D eigenvalue weighted by atomic mass is 32.2. The van der Waals surface area contributed by atoms with Crippen LogP contribution in [0.5, 0.6) is 0 Å². The molecule has 3 aromatic rings. The van der Waals surface area contributed by atoms with Crippen molar-refractivity contribution >= 4 is 34.5 Å². The van der Waals surface area contributed by atoms with Gasteiger partial charge in [0.05, 0.1) is 16.5 Å². The predicted octanol–water partition coefficient (Wildman–Crippen LogP) is 4.94. The number of thioether (sulfide) groups is 1. The van der Waals surface area contributed by atoms with E-state index >= 15 is 0 Å². The third-order valence-corrected chi connectivity index (χ3v) is 6.36. The second-order valence-electron chi connectivity index (χ2n) is 7.37. The van der Waals surface area contributed by atoms with Gasteiger partial charge < -0.3 is 5.11 Å². The number of carboxylic acid groups (broad SMARTS) is 1. The number of hydrogen-bond acceptors (Lipinski definition) is 4. The zero-order valence-corrected chi connectivity index (χ0v) is 18.0. The number of amidine groups is 1. The first kappa shape index (κ1) is 21.8. The molecular formula is C25H21FN2O3S. The lowest BCUT2D eigenvalue weighted by Gasteiger charge is -2.16. The molecule has 0 aromatic heterocycles. The van der Waals surface area contributed by atoms with Gasteiger partial charge in [0.2, 0.25) is 5.91 Å². The molecule has 5 nitrogen and oxygen atoms in total. The van der Waals surface area contributed by atoms with Gasteiger partial charge in [0.25, 0.3) is 0 Å². The fraction of sp³-hybridized carbons (Fsp3) is 0.160. The third-order valence-electron chi connectivity index (χ3n) is 5.19. The van der Waals surface area contributed by atoms with Gasteiger partial charge in [0.15, 0.2) is 5.17 Å². The van der Waals surface area contributed by atoms with Gasteiger partial charge in [0, 0.05) is 6.54 Å². The van der Waals surface area contributed by atoms with Crippen molar-refractivity contribution < 1.29 is 19.1 Å². The van der Waals surface area contributed by atoms with Crippen LogP contribution >= 0.6 is 11.8 Å². The first-order valence-electron chi connectivity index (χ1n) is 10.2. The molecular weight excluding hydrogens is 427 g/mol. The molecule has 3 aromatic carbocycles. The van der Waals surface area contributed by atoms with Crippen molar-refractivity contribution in [3.8, 4) is 0 Å². The summed E-state index contributed by atoms with van der Waals surface area (Å²) in [7, 11) is 0. The number of benzene rings is 3. The van der Waals surface area contributed by atoms with Crippen LogP contribution in [0.4, 0.5) is 10.1 Å². The lowest BCUT2D eigenvalue weighted by atomic mass is 10.1. The number of hydrogen-bond donors (Lipinski definition) is 1. The van der Waals surface area contributed by atoms with Gasteiger partial charge in [-0.3, -0.25) is 9.69 Å². The summed E-state index contributed by atoms with van der Waals surface area (Å²) in [6.07, 6.45) is 0.936. The molecule has 1 heterocycles. The van der Waals surface area contributed by atoms with Gasteiger partial charge >= 0.3 is 5.97 Å². The Balaban J connectivity index is 1.59. The smallest absolute Gasteiger partial charge is 0.335 e. The van der Waals surface area contributed by atoms with Crippen LogP contribution in [0.1, 0.15) is 21.5 Å². The standard InChI is InChI=1S/C25H21FN2O3S/c26-21-9-5-4-8-19(21)16-22-23(29)28(15-14-17-6-2-1-3-7-17)25(32-22)27-20-12-10-18(11-13-20)24(30)31/h1-13,22H,14-16H2,(H,30,31). The van der Waals surface area contributed by atoms with Crippen LogP contribution in [0.25, 0.3) is 0 Å². The quantitative estimate of drug-likeness (QED) is 0.556. The van der Waals surface area contributed by atoms with E-state index in [1.54, 1.807) is 35.2 Å². The molecule has 0 saturated carbocycles. The monoisotopic (exact) mass is 448 g/mol. The Hall–Kier alpha value is -3.45. The Kier molecular flexibility index (Phi) is 6.66. The summed E-state index contributed by atoms with van der Waals surface area (Å²) >= 11 is 1.31. The van der Waals surface area contributed by atoms with Crippen molar-refractivity contribution in [1.29, 1.82) is 0 Å².